The van der Waals surface area contributed by atoms with Gasteiger partial charge in [0.2, 0.25) is 5.91 Å². The van der Waals surface area contributed by atoms with E-state index >= 15 is 0 Å². The molecule has 110 valence electrons. The van der Waals surface area contributed by atoms with Crippen LogP contribution in [0, 0.1) is 0 Å². The van der Waals surface area contributed by atoms with Gasteiger partial charge in [0.25, 0.3) is 0 Å². The molecule has 4 N–H and O–H groups in total. The van der Waals surface area contributed by atoms with E-state index in [1.54, 1.807) is 12.1 Å². The lowest BCUT2D eigenvalue weighted by molar-refractivity contribution is 0.100. The average molecular weight is 296 g/mol. The van der Waals surface area contributed by atoms with Crippen molar-refractivity contribution in [1.29, 1.82) is 0 Å². The topological polar surface area (TPSA) is 72.3 Å². The van der Waals surface area contributed by atoms with Crippen LogP contribution in [-0.2, 0) is 6.54 Å². The number of primary amides is 1. The first-order valence-corrected chi connectivity index (χ1v) is 7.39. The van der Waals surface area contributed by atoms with Crippen LogP contribution in [0.25, 0.3) is 0 Å². The molecular formula is C15H22ClN3O. The summed E-state index contributed by atoms with van der Waals surface area (Å²) in [6, 6.07) is 6.17. The molecule has 1 fully saturated rings. The second kappa shape index (κ2) is 6.57. The second-order valence-electron chi connectivity index (χ2n) is 5.65. The Morgan fingerprint density at radius 3 is 2.55 bits per heavy atom. The molecule has 20 heavy (non-hydrogen) atoms. The van der Waals surface area contributed by atoms with E-state index < -0.39 is 5.91 Å². The molecule has 2 rings (SSSR count). The Labute approximate surface area is 125 Å². The molecule has 0 saturated heterocycles. The van der Waals surface area contributed by atoms with E-state index in [-0.39, 0.29) is 0 Å². The molecular weight excluding hydrogens is 274 g/mol. The summed E-state index contributed by atoms with van der Waals surface area (Å²) < 4.78 is 0. The number of nitrogens with zero attached hydrogens (tertiary/aromatic N) is 1. The number of benzene rings is 1. The molecule has 1 aromatic rings. The van der Waals surface area contributed by atoms with E-state index in [0.29, 0.717) is 22.7 Å². The second-order valence-corrected chi connectivity index (χ2v) is 6.06. The van der Waals surface area contributed by atoms with Gasteiger partial charge in [-0.15, -0.1) is 0 Å². The Morgan fingerprint density at radius 2 is 2.00 bits per heavy atom. The normalized spacial score (nSPS) is 23.0. The zero-order valence-electron chi connectivity index (χ0n) is 11.8. The van der Waals surface area contributed by atoms with Crippen LogP contribution in [-0.4, -0.2) is 29.9 Å². The molecule has 1 saturated carbocycles. The summed E-state index contributed by atoms with van der Waals surface area (Å²) in [5.41, 5.74) is 12.7. The van der Waals surface area contributed by atoms with Crippen molar-refractivity contribution >= 4 is 17.5 Å². The number of hydrogen-bond acceptors (Lipinski definition) is 3. The standard InChI is InChI=1S/C15H22ClN3O/c1-19(13-6-4-12(17)5-7-13)9-11-3-2-10(15(18)20)8-14(11)16/h2-3,8,12-13H,4-7,9,17H2,1H3,(H2,18,20). The molecule has 0 bridgehead atoms. The Balaban J connectivity index is 2.00. The fourth-order valence-electron chi connectivity index (χ4n) is 2.77. The van der Waals surface area contributed by atoms with Crippen molar-refractivity contribution in [3.63, 3.8) is 0 Å². The summed E-state index contributed by atoms with van der Waals surface area (Å²) in [5.74, 6) is -0.451. The van der Waals surface area contributed by atoms with Crippen LogP contribution in [0.15, 0.2) is 18.2 Å². The third-order valence-electron chi connectivity index (χ3n) is 4.12. The van der Waals surface area contributed by atoms with E-state index in [2.05, 4.69) is 11.9 Å². The van der Waals surface area contributed by atoms with Gasteiger partial charge in [0.15, 0.2) is 0 Å². The minimum atomic E-state index is -0.451. The van der Waals surface area contributed by atoms with Crippen LogP contribution in [0.4, 0.5) is 0 Å². The first-order chi connectivity index (χ1) is 9.47. The van der Waals surface area contributed by atoms with E-state index in [4.69, 9.17) is 23.1 Å². The lowest BCUT2D eigenvalue weighted by Crippen LogP contribution is -2.38. The van der Waals surface area contributed by atoms with Crippen LogP contribution >= 0.6 is 11.6 Å². The smallest absolute Gasteiger partial charge is 0.248 e. The molecule has 1 aliphatic carbocycles. The minimum Gasteiger partial charge on any atom is -0.366 e. The van der Waals surface area contributed by atoms with Gasteiger partial charge < -0.3 is 11.5 Å². The van der Waals surface area contributed by atoms with E-state index in [0.717, 1.165) is 37.8 Å². The SMILES string of the molecule is CN(Cc1ccc(C(N)=O)cc1Cl)C1CCC(N)CC1. The van der Waals surface area contributed by atoms with Gasteiger partial charge in [-0.25, -0.2) is 0 Å². The third-order valence-corrected chi connectivity index (χ3v) is 4.47. The van der Waals surface area contributed by atoms with Crippen molar-refractivity contribution < 1.29 is 4.79 Å². The molecule has 1 aliphatic rings. The third kappa shape index (κ3) is 3.72. The minimum absolute atomic E-state index is 0.359. The van der Waals surface area contributed by atoms with Gasteiger partial charge in [-0.05, 0) is 50.4 Å². The summed E-state index contributed by atoms with van der Waals surface area (Å²) in [5, 5.41) is 0.598. The number of carbonyl (C=O) groups is 1. The highest BCUT2D eigenvalue weighted by molar-refractivity contribution is 6.31. The van der Waals surface area contributed by atoms with Crippen LogP contribution < -0.4 is 11.5 Å². The van der Waals surface area contributed by atoms with Crippen LogP contribution in [0.1, 0.15) is 41.6 Å². The fraction of sp³-hybridized carbons (Fsp3) is 0.533. The summed E-state index contributed by atoms with van der Waals surface area (Å²) in [6.45, 7) is 0.776. The molecule has 0 spiro atoms. The van der Waals surface area contributed by atoms with Crippen molar-refractivity contribution in [2.24, 2.45) is 11.5 Å². The van der Waals surface area contributed by atoms with Gasteiger partial charge in [0, 0.05) is 29.2 Å². The first-order valence-electron chi connectivity index (χ1n) is 7.01. The lowest BCUT2D eigenvalue weighted by Gasteiger charge is -2.33. The number of rotatable bonds is 4. The molecule has 4 nitrogen and oxygen atoms in total. The quantitative estimate of drug-likeness (QED) is 0.894. The predicted octanol–water partition coefficient (Wildman–Crippen LogP) is 2.14. The van der Waals surface area contributed by atoms with Crippen LogP contribution in [0.2, 0.25) is 5.02 Å². The molecule has 0 atom stereocenters. The molecule has 5 heteroatoms. The van der Waals surface area contributed by atoms with Gasteiger partial charge in [0.1, 0.15) is 0 Å². The van der Waals surface area contributed by atoms with Gasteiger partial charge in [-0.2, -0.15) is 0 Å². The Kier molecular flexibility index (Phi) is 5.02. The van der Waals surface area contributed by atoms with Crippen molar-refractivity contribution in [2.45, 2.75) is 44.3 Å². The molecule has 1 amide bonds. The average Bonchev–Trinajstić information content (AvgIpc) is 2.41. The summed E-state index contributed by atoms with van der Waals surface area (Å²) in [6.07, 6.45) is 4.44. The van der Waals surface area contributed by atoms with Crippen molar-refractivity contribution in [3.05, 3.63) is 34.3 Å². The fourth-order valence-corrected chi connectivity index (χ4v) is 3.01. The van der Waals surface area contributed by atoms with E-state index in [9.17, 15) is 4.79 Å². The lowest BCUT2D eigenvalue weighted by atomic mass is 9.91. The number of carbonyl (C=O) groups excluding carboxylic acids is 1. The summed E-state index contributed by atoms with van der Waals surface area (Å²) in [7, 11) is 2.11. The Bertz CT molecular complexity index is 484. The number of hydrogen-bond donors (Lipinski definition) is 2. The van der Waals surface area contributed by atoms with Crippen LogP contribution in [0.3, 0.4) is 0 Å². The zero-order chi connectivity index (χ0) is 14.7. The van der Waals surface area contributed by atoms with Crippen molar-refractivity contribution in [1.82, 2.24) is 4.90 Å². The maximum Gasteiger partial charge on any atom is 0.248 e. The highest BCUT2D eigenvalue weighted by atomic mass is 35.5. The predicted molar refractivity (Wildman–Crippen MR) is 81.7 cm³/mol. The zero-order valence-corrected chi connectivity index (χ0v) is 12.6. The Hall–Kier alpha value is -1.10. The Morgan fingerprint density at radius 1 is 1.35 bits per heavy atom. The largest absolute Gasteiger partial charge is 0.366 e. The van der Waals surface area contributed by atoms with E-state index in [1.807, 2.05) is 6.07 Å². The molecule has 1 aromatic carbocycles. The monoisotopic (exact) mass is 295 g/mol. The summed E-state index contributed by atoms with van der Waals surface area (Å²) in [4.78, 5) is 13.4. The van der Waals surface area contributed by atoms with Crippen molar-refractivity contribution in [2.75, 3.05) is 7.05 Å². The van der Waals surface area contributed by atoms with Gasteiger partial charge in [-0.3, -0.25) is 9.69 Å². The van der Waals surface area contributed by atoms with Gasteiger partial charge >= 0.3 is 0 Å². The first kappa shape index (κ1) is 15.3. The highest BCUT2D eigenvalue weighted by Crippen LogP contribution is 2.25. The maximum atomic E-state index is 11.1. The molecule has 0 radical (unpaired) electrons. The summed E-state index contributed by atoms with van der Waals surface area (Å²) >= 11 is 6.23. The maximum absolute atomic E-state index is 11.1. The number of halogens is 1. The van der Waals surface area contributed by atoms with Gasteiger partial charge in [0.05, 0.1) is 0 Å². The molecule has 0 aromatic heterocycles. The van der Waals surface area contributed by atoms with Gasteiger partial charge in [-0.1, -0.05) is 17.7 Å². The number of amides is 1. The molecule has 0 unspecified atom stereocenters. The van der Waals surface area contributed by atoms with Crippen LogP contribution in [0.5, 0.6) is 0 Å². The molecule has 0 heterocycles. The number of nitrogens with two attached hydrogens (primary N) is 2. The molecule has 0 aliphatic heterocycles. The van der Waals surface area contributed by atoms with E-state index in [1.165, 1.54) is 0 Å². The highest BCUT2D eigenvalue weighted by Gasteiger charge is 2.22. The van der Waals surface area contributed by atoms with Crippen molar-refractivity contribution in [3.8, 4) is 0 Å².